The van der Waals surface area contributed by atoms with Crippen molar-refractivity contribution in [3.05, 3.63) is 70.8 Å². The molecule has 2 aromatic rings. The van der Waals surface area contributed by atoms with Gasteiger partial charge in [0.25, 0.3) is 0 Å². The largest absolute Gasteiger partial charge is 0.309 e. The molecule has 0 spiro atoms. The molecule has 4 rings (SSSR count). The number of rotatable bonds is 4. The minimum Gasteiger partial charge on any atom is -0.309 e. The van der Waals surface area contributed by atoms with Crippen LogP contribution in [-0.4, -0.2) is 6.04 Å². The third-order valence-corrected chi connectivity index (χ3v) is 4.65. The molecule has 0 amide bonds. The van der Waals surface area contributed by atoms with Crippen LogP contribution in [0, 0.1) is 0 Å². The molecule has 20 heavy (non-hydrogen) atoms. The average Bonchev–Trinajstić information content (AvgIpc) is 3.25. The summed E-state index contributed by atoms with van der Waals surface area (Å²) < 4.78 is 0. The summed E-state index contributed by atoms with van der Waals surface area (Å²) in [5.41, 5.74) is 6.03. The maximum Gasteiger partial charge on any atom is 0.0208 e. The van der Waals surface area contributed by atoms with Gasteiger partial charge in [-0.15, -0.1) is 0 Å². The van der Waals surface area contributed by atoms with E-state index in [-0.39, 0.29) is 0 Å². The Balaban J connectivity index is 1.38. The summed E-state index contributed by atoms with van der Waals surface area (Å²) in [4.78, 5) is 0. The molecular formula is C19H21N. The van der Waals surface area contributed by atoms with Crippen LogP contribution in [-0.2, 0) is 19.4 Å². The highest BCUT2D eigenvalue weighted by molar-refractivity contribution is 5.33. The Morgan fingerprint density at radius 2 is 1.65 bits per heavy atom. The standard InChI is InChI=1S/C19H21N/c1-2-6-18-12-19(11-17(18)5-1)20-13-14-4-3-7-16(10-14)15-8-9-15/h1-7,10,15,19-20H,8-9,11-13H2. The molecule has 1 fully saturated rings. The van der Waals surface area contributed by atoms with Crippen LogP contribution in [0.3, 0.4) is 0 Å². The zero-order valence-electron chi connectivity index (χ0n) is 11.8. The molecule has 0 aromatic heterocycles. The molecule has 2 aliphatic rings. The second-order valence-electron chi connectivity index (χ2n) is 6.27. The van der Waals surface area contributed by atoms with Gasteiger partial charge in [-0.2, -0.15) is 0 Å². The summed E-state index contributed by atoms with van der Waals surface area (Å²) in [7, 11) is 0. The zero-order chi connectivity index (χ0) is 13.4. The molecule has 2 aliphatic carbocycles. The summed E-state index contributed by atoms with van der Waals surface area (Å²) in [6.07, 6.45) is 5.13. The molecule has 0 aliphatic heterocycles. The fraction of sp³-hybridized carbons (Fsp3) is 0.368. The van der Waals surface area contributed by atoms with Crippen LogP contribution in [0.25, 0.3) is 0 Å². The van der Waals surface area contributed by atoms with Crippen LogP contribution >= 0.6 is 0 Å². The first-order valence-electron chi connectivity index (χ1n) is 7.77. The zero-order valence-corrected chi connectivity index (χ0v) is 11.8. The van der Waals surface area contributed by atoms with Crippen molar-refractivity contribution in [2.75, 3.05) is 0 Å². The smallest absolute Gasteiger partial charge is 0.0208 e. The van der Waals surface area contributed by atoms with E-state index in [1.54, 1.807) is 5.56 Å². The van der Waals surface area contributed by atoms with Crippen molar-refractivity contribution in [3.8, 4) is 0 Å². The molecule has 1 heteroatoms. The molecule has 2 aromatic carbocycles. The van der Waals surface area contributed by atoms with E-state index in [0.29, 0.717) is 6.04 Å². The molecular weight excluding hydrogens is 242 g/mol. The van der Waals surface area contributed by atoms with Crippen molar-refractivity contribution in [2.24, 2.45) is 0 Å². The number of fused-ring (bicyclic) bond motifs is 1. The lowest BCUT2D eigenvalue weighted by Crippen LogP contribution is -2.28. The van der Waals surface area contributed by atoms with E-state index >= 15 is 0 Å². The Morgan fingerprint density at radius 1 is 0.900 bits per heavy atom. The second kappa shape index (κ2) is 5.06. The fourth-order valence-corrected chi connectivity index (χ4v) is 3.34. The van der Waals surface area contributed by atoms with Gasteiger partial charge in [0.2, 0.25) is 0 Å². The number of hydrogen-bond donors (Lipinski definition) is 1. The molecule has 1 nitrogen and oxygen atoms in total. The molecule has 0 atom stereocenters. The van der Waals surface area contributed by atoms with E-state index in [0.717, 1.165) is 12.5 Å². The Morgan fingerprint density at radius 3 is 2.35 bits per heavy atom. The van der Waals surface area contributed by atoms with E-state index < -0.39 is 0 Å². The Kier molecular flexibility index (Phi) is 3.08. The van der Waals surface area contributed by atoms with E-state index in [2.05, 4.69) is 53.8 Å². The van der Waals surface area contributed by atoms with Gasteiger partial charge in [0.15, 0.2) is 0 Å². The Labute approximate surface area is 121 Å². The van der Waals surface area contributed by atoms with Crippen LogP contribution < -0.4 is 5.32 Å². The summed E-state index contributed by atoms with van der Waals surface area (Å²) in [5.74, 6) is 0.852. The molecule has 1 saturated carbocycles. The molecule has 102 valence electrons. The van der Waals surface area contributed by atoms with Crippen molar-refractivity contribution >= 4 is 0 Å². The van der Waals surface area contributed by atoms with Gasteiger partial charge in [-0.1, -0.05) is 48.5 Å². The van der Waals surface area contributed by atoms with Crippen molar-refractivity contribution in [1.82, 2.24) is 5.32 Å². The summed E-state index contributed by atoms with van der Waals surface area (Å²) >= 11 is 0. The van der Waals surface area contributed by atoms with E-state index in [1.807, 2.05) is 0 Å². The molecule has 0 bridgehead atoms. The lowest BCUT2D eigenvalue weighted by atomic mass is 10.1. The fourth-order valence-electron chi connectivity index (χ4n) is 3.34. The Bertz CT molecular complexity index is 588. The number of hydrogen-bond acceptors (Lipinski definition) is 1. The average molecular weight is 263 g/mol. The summed E-state index contributed by atoms with van der Waals surface area (Å²) in [6, 6.07) is 18.6. The maximum atomic E-state index is 3.73. The van der Waals surface area contributed by atoms with Gasteiger partial charge in [0.05, 0.1) is 0 Å². The number of benzene rings is 2. The highest BCUT2D eigenvalue weighted by Gasteiger charge is 2.23. The molecule has 0 saturated heterocycles. The van der Waals surface area contributed by atoms with Crippen molar-refractivity contribution < 1.29 is 0 Å². The normalized spacial score (nSPS) is 18.2. The lowest BCUT2D eigenvalue weighted by Gasteiger charge is -2.12. The van der Waals surface area contributed by atoms with Gasteiger partial charge in [-0.25, -0.2) is 0 Å². The molecule has 0 radical (unpaired) electrons. The first-order valence-corrected chi connectivity index (χ1v) is 7.77. The quantitative estimate of drug-likeness (QED) is 0.884. The van der Waals surface area contributed by atoms with E-state index in [9.17, 15) is 0 Å². The lowest BCUT2D eigenvalue weighted by molar-refractivity contribution is 0.533. The monoisotopic (exact) mass is 263 g/mol. The van der Waals surface area contributed by atoms with Gasteiger partial charge in [-0.3, -0.25) is 0 Å². The highest BCUT2D eigenvalue weighted by Crippen LogP contribution is 2.40. The van der Waals surface area contributed by atoms with Crippen LogP contribution in [0.5, 0.6) is 0 Å². The van der Waals surface area contributed by atoms with Crippen molar-refractivity contribution in [3.63, 3.8) is 0 Å². The molecule has 0 unspecified atom stereocenters. The summed E-state index contributed by atoms with van der Waals surface area (Å²) in [5, 5.41) is 3.73. The van der Waals surface area contributed by atoms with Crippen LogP contribution in [0.4, 0.5) is 0 Å². The summed E-state index contributed by atoms with van der Waals surface area (Å²) in [6.45, 7) is 0.999. The third kappa shape index (κ3) is 2.51. The number of nitrogens with one attached hydrogen (secondary N) is 1. The van der Waals surface area contributed by atoms with Crippen LogP contribution in [0.2, 0.25) is 0 Å². The van der Waals surface area contributed by atoms with Gasteiger partial charge in [0, 0.05) is 12.6 Å². The topological polar surface area (TPSA) is 12.0 Å². The first-order chi connectivity index (χ1) is 9.88. The highest BCUT2D eigenvalue weighted by atomic mass is 14.9. The predicted octanol–water partition coefficient (Wildman–Crippen LogP) is 3.82. The van der Waals surface area contributed by atoms with Crippen LogP contribution in [0.15, 0.2) is 48.5 Å². The van der Waals surface area contributed by atoms with Gasteiger partial charge in [-0.05, 0) is 53.9 Å². The van der Waals surface area contributed by atoms with Gasteiger partial charge < -0.3 is 5.32 Å². The molecule has 0 heterocycles. The van der Waals surface area contributed by atoms with E-state index in [4.69, 9.17) is 0 Å². The van der Waals surface area contributed by atoms with Crippen molar-refractivity contribution in [1.29, 1.82) is 0 Å². The Hall–Kier alpha value is -1.60. The minimum absolute atomic E-state index is 0.608. The second-order valence-corrected chi connectivity index (χ2v) is 6.27. The first kappa shape index (κ1) is 12.2. The minimum atomic E-state index is 0.608. The maximum absolute atomic E-state index is 3.73. The van der Waals surface area contributed by atoms with Gasteiger partial charge in [0.1, 0.15) is 0 Å². The SMILES string of the molecule is c1cc(CNC2Cc3ccccc3C2)cc(C2CC2)c1. The van der Waals surface area contributed by atoms with Gasteiger partial charge >= 0.3 is 0 Å². The van der Waals surface area contributed by atoms with E-state index in [1.165, 1.54) is 42.4 Å². The van der Waals surface area contributed by atoms with Crippen LogP contribution in [0.1, 0.15) is 41.0 Å². The third-order valence-electron chi connectivity index (χ3n) is 4.65. The van der Waals surface area contributed by atoms with Crippen molar-refractivity contribution in [2.45, 2.75) is 44.2 Å². The molecule has 1 N–H and O–H groups in total. The predicted molar refractivity (Wildman–Crippen MR) is 82.9 cm³/mol.